The highest BCUT2D eigenvalue weighted by atomic mass is 16.2. The van der Waals surface area contributed by atoms with E-state index in [0.717, 1.165) is 11.1 Å². The van der Waals surface area contributed by atoms with E-state index in [1.807, 2.05) is 60.7 Å². The van der Waals surface area contributed by atoms with E-state index < -0.39 is 11.5 Å². The lowest BCUT2D eigenvalue weighted by molar-refractivity contribution is 0.0998. The SMILES string of the molecule is CCn1nc(-c2ccccc2)c(-c2ccccc2)c(C(N)=O)c1=O. The highest BCUT2D eigenvalue weighted by Gasteiger charge is 2.22. The minimum absolute atomic E-state index is 0.0306. The molecule has 1 heterocycles. The van der Waals surface area contributed by atoms with Crippen LogP contribution in [0.3, 0.4) is 0 Å². The molecule has 0 spiro atoms. The molecule has 1 aromatic heterocycles. The predicted molar refractivity (Wildman–Crippen MR) is 93.6 cm³/mol. The van der Waals surface area contributed by atoms with E-state index in [1.54, 1.807) is 6.92 Å². The van der Waals surface area contributed by atoms with E-state index >= 15 is 0 Å². The second kappa shape index (κ2) is 6.50. The average Bonchev–Trinajstić information content (AvgIpc) is 2.62. The Morgan fingerprint density at radius 3 is 2.04 bits per heavy atom. The van der Waals surface area contributed by atoms with Crippen LogP contribution < -0.4 is 11.3 Å². The molecule has 120 valence electrons. The fraction of sp³-hybridized carbons (Fsp3) is 0.105. The summed E-state index contributed by atoms with van der Waals surface area (Å²) in [7, 11) is 0. The number of hydrogen-bond acceptors (Lipinski definition) is 3. The van der Waals surface area contributed by atoms with Gasteiger partial charge in [0.05, 0.1) is 5.69 Å². The molecule has 24 heavy (non-hydrogen) atoms. The van der Waals surface area contributed by atoms with E-state index in [-0.39, 0.29) is 5.56 Å². The number of amides is 1. The number of benzene rings is 2. The summed E-state index contributed by atoms with van der Waals surface area (Å²) in [5.74, 6) is -0.749. The maximum Gasteiger partial charge on any atom is 0.280 e. The molecule has 3 rings (SSSR count). The van der Waals surface area contributed by atoms with Gasteiger partial charge < -0.3 is 5.73 Å². The van der Waals surface area contributed by atoms with Gasteiger partial charge in [-0.3, -0.25) is 9.59 Å². The first-order valence-electron chi connectivity index (χ1n) is 7.69. The van der Waals surface area contributed by atoms with Crippen molar-refractivity contribution in [1.29, 1.82) is 0 Å². The van der Waals surface area contributed by atoms with Crippen LogP contribution in [0.5, 0.6) is 0 Å². The Morgan fingerprint density at radius 2 is 1.54 bits per heavy atom. The Labute approximate surface area is 139 Å². The van der Waals surface area contributed by atoms with Gasteiger partial charge in [-0.1, -0.05) is 60.7 Å². The van der Waals surface area contributed by atoms with Crippen molar-refractivity contribution in [1.82, 2.24) is 9.78 Å². The minimum Gasteiger partial charge on any atom is -0.365 e. The van der Waals surface area contributed by atoms with Gasteiger partial charge in [-0.15, -0.1) is 0 Å². The molecule has 5 nitrogen and oxygen atoms in total. The Morgan fingerprint density at radius 1 is 1.00 bits per heavy atom. The number of carbonyl (C=O) groups is 1. The smallest absolute Gasteiger partial charge is 0.280 e. The molecule has 0 saturated heterocycles. The zero-order valence-corrected chi connectivity index (χ0v) is 13.3. The van der Waals surface area contributed by atoms with E-state index in [0.29, 0.717) is 17.8 Å². The van der Waals surface area contributed by atoms with Crippen LogP contribution in [0.4, 0.5) is 0 Å². The van der Waals surface area contributed by atoms with Gasteiger partial charge in [0.2, 0.25) is 0 Å². The van der Waals surface area contributed by atoms with Crippen LogP contribution in [0.2, 0.25) is 0 Å². The largest absolute Gasteiger partial charge is 0.365 e. The van der Waals surface area contributed by atoms with Crippen LogP contribution in [0.15, 0.2) is 65.5 Å². The highest BCUT2D eigenvalue weighted by molar-refractivity contribution is 6.02. The molecular formula is C19H17N3O2. The summed E-state index contributed by atoms with van der Waals surface area (Å²) >= 11 is 0. The van der Waals surface area contributed by atoms with Crippen molar-refractivity contribution in [2.24, 2.45) is 5.73 Å². The van der Waals surface area contributed by atoms with Crippen LogP contribution in [-0.2, 0) is 6.54 Å². The second-order valence-electron chi connectivity index (χ2n) is 5.32. The van der Waals surface area contributed by atoms with Gasteiger partial charge in [0.1, 0.15) is 5.56 Å². The van der Waals surface area contributed by atoms with Gasteiger partial charge in [0.25, 0.3) is 11.5 Å². The molecule has 0 saturated carbocycles. The van der Waals surface area contributed by atoms with Crippen LogP contribution in [0, 0.1) is 0 Å². The Kier molecular flexibility index (Phi) is 4.24. The van der Waals surface area contributed by atoms with Crippen molar-refractivity contribution in [2.75, 3.05) is 0 Å². The summed E-state index contributed by atoms with van der Waals surface area (Å²) in [5, 5.41) is 4.48. The Balaban J connectivity index is 2.46. The molecule has 0 aliphatic rings. The highest BCUT2D eigenvalue weighted by Crippen LogP contribution is 2.31. The maximum atomic E-state index is 12.6. The number of aromatic nitrogens is 2. The van der Waals surface area contributed by atoms with Gasteiger partial charge in [0, 0.05) is 17.7 Å². The summed E-state index contributed by atoms with van der Waals surface area (Å²) in [6, 6.07) is 18.7. The maximum absolute atomic E-state index is 12.6. The lowest BCUT2D eigenvalue weighted by atomic mass is 9.95. The molecule has 2 N–H and O–H groups in total. The van der Waals surface area contributed by atoms with Crippen LogP contribution in [-0.4, -0.2) is 15.7 Å². The Hall–Kier alpha value is -3.21. The number of rotatable bonds is 4. The number of hydrogen-bond donors (Lipinski definition) is 1. The van der Waals surface area contributed by atoms with Crippen LogP contribution in [0.1, 0.15) is 17.3 Å². The molecule has 0 radical (unpaired) electrons. The fourth-order valence-electron chi connectivity index (χ4n) is 2.70. The molecule has 0 unspecified atom stereocenters. The lowest BCUT2D eigenvalue weighted by Crippen LogP contribution is -2.32. The average molecular weight is 319 g/mol. The number of primary amides is 1. The minimum atomic E-state index is -0.749. The first-order valence-corrected chi connectivity index (χ1v) is 7.69. The lowest BCUT2D eigenvalue weighted by Gasteiger charge is -2.15. The summed E-state index contributed by atoms with van der Waals surface area (Å²) in [4.78, 5) is 24.7. The molecular weight excluding hydrogens is 302 g/mol. The monoisotopic (exact) mass is 319 g/mol. The molecule has 3 aromatic rings. The number of nitrogens with zero attached hydrogens (tertiary/aromatic N) is 2. The zero-order valence-electron chi connectivity index (χ0n) is 13.3. The summed E-state index contributed by atoms with van der Waals surface area (Å²) in [5.41, 5.74) is 7.64. The van der Waals surface area contributed by atoms with Gasteiger partial charge >= 0.3 is 0 Å². The normalized spacial score (nSPS) is 10.5. The predicted octanol–water partition coefficient (Wildman–Crippen LogP) is 2.70. The molecule has 0 aliphatic heterocycles. The molecule has 0 bridgehead atoms. The summed E-state index contributed by atoms with van der Waals surface area (Å²) in [6.07, 6.45) is 0. The van der Waals surface area contributed by atoms with Crippen LogP contribution >= 0.6 is 0 Å². The molecule has 1 amide bonds. The van der Waals surface area contributed by atoms with Gasteiger partial charge in [-0.2, -0.15) is 5.10 Å². The summed E-state index contributed by atoms with van der Waals surface area (Å²) in [6.45, 7) is 2.16. The van der Waals surface area contributed by atoms with Crippen molar-refractivity contribution in [3.63, 3.8) is 0 Å². The van der Waals surface area contributed by atoms with Gasteiger partial charge in [0.15, 0.2) is 0 Å². The number of aryl methyl sites for hydroxylation is 1. The van der Waals surface area contributed by atoms with E-state index in [2.05, 4.69) is 5.10 Å². The van der Waals surface area contributed by atoms with Crippen LogP contribution in [0.25, 0.3) is 22.4 Å². The number of nitrogens with two attached hydrogens (primary N) is 1. The molecule has 2 aromatic carbocycles. The standard InChI is InChI=1S/C19H17N3O2/c1-2-22-19(24)16(18(20)23)15(13-9-5-3-6-10-13)17(21-22)14-11-7-4-8-12-14/h3-12H,2H2,1H3,(H2,20,23). The zero-order chi connectivity index (χ0) is 17.1. The molecule has 5 heteroatoms. The second-order valence-corrected chi connectivity index (χ2v) is 5.32. The summed E-state index contributed by atoms with van der Waals surface area (Å²) < 4.78 is 1.27. The van der Waals surface area contributed by atoms with Crippen molar-refractivity contribution < 1.29 is 4.79 Å². The molecule has 0 aliphatic carbocycles. The van der Waals surface area contributed by atoms with Gasteiger partial charge in [-0.25, -0.2) is 4.68 Å². The van der Waals surface area contributed by atoms with Crippen molar-refractivity contribution >= 4 is 5.91 Å². The molecule has 0 fully saturated rings. The van der Waals surface area contributed by atoms with E-state index in [9.17, 15) is 9.59 Å². The first kappa shape index (κ1) is 15.7. The topological polar surface area (TPSA) is 78.0 Å². The van der Waals surface area contributed by atoms with Crippen molar-refractivity contribution in [3.8, 4) is 22.4 Å². The fourth-order valence-corrected chi connectivity index (χ4v) is 2.70. The molecule has 0 atom stereocenters. The Bertz CT molecular complexity index is 932. The third-order valence-electron chi connectivity index (χ3n) is 3.81. The third-order valence-corrected chi connectivity index (χ3v) is 3.81. The third kappa shape index (κ3) is 2.72. The number of carbonyl (C=O) groups excluding carboxylic acids is 1. The van der Waals surface area contributed by atoms with E-state index in [1.165, 1.54) is 4.68 Å². The van der Waals surface area contributed by atoms with E-state index in [4.69, 9.17) is 5.73 Å². The quantitative estimate of drug-likeness (QED) is 0.803. The first-order chi connectivity index (χ1) is 11.6. The van der Waals surface area contributed by atoms with Crippen molar-refractivity contribution in [2.45, 2.75) is 13.5 Å². The van der Waals surface area contributed by atoms with Crippen molar-refractivity contribution in [3.05, 3.63) is 76.6 Å². The van der Waals surface area contributed by atoms with Gasteiger partial charge in [-0.05, 0) is 12.5 Å².